The summed E-state index contributed by atoms with van der Waals surface area (Å²) in [6, 6.07) is 25.7. The number of pyridine rings is 1. The number of fused-ring (bicyclic) bond motifs is 2. The third-order valence-electron chi connectivity index (χ3n) is 8.11. The van der Waals surface area contributed by atoms with Crippen LogP contribution in [0.4, 0.5) is 0 Å². The van der Waals surface area contributed by atoms with Gasteiger partial charge in [-0.15, -0.1) is 5.10 Å². The van der Waals surface area contributed by atoms with Gasteiger partial charge in [0.1, 0.15) is 11.0 Å². The summed E-state index contributed by atoms with van der Waals surface area (Å²) in [5.74, 6) is -0.967. The average molecular weight is 534 g/mol. The number of carboxylic acids is 1. The normalized spacial score (nSPS) is 18.0. The predicted molar refractivity (Wildman–Crippen MR) is 154 cm³/mol. The van der Waals surface area contributed by atoms with Crippen molar-refractivity contribution in [2.75, 3.05) is 0 Å². The number of hydrogen-bond acceptors (Lipinski definition) is 5. The predicted octanol–water partition coefficient (Wildman–Crippen LogP) is 5.70. The van der Waals surface area contributed by atoms with Crippen molar-refractivity contribution in [1.29, 1.82) is 0 Å². The monoisotopic (exact) mass is 533 g/mol. The minimum Gasteiger partial charge on any atom is -0.481 e. The second-order valence-corrected chi connectivity index (χ2v) is 10.7. The van der Waals surface area contributed by atoms with Crippen molar-refractivity contribution in [3.05, 3.63) is 90.1 Å². The number of amides is 1. The second-order valence-electron chi connectivity index (χ2n) is 10.7. The average Bonchev–Trinajstić information content (AvgIpc) is 3.39. The molecule has 0 radical (unpaired) electrons. The van der Waals surface area contributed by atoms with Crippen LogP contribution in [0.2, 0.25) is 0 Å². The Labute approximate surface area is 232 Å². The Hall–Kier alpha value is -4.59. The van der Waals surface area contributed by atoms with Gasteiger partial charge in [0.05, 0.1) is 29.2 Å². The third-order valence-corrected chi connectivity index (χ3v) is 8.11. The first-order valence-corrected chi connectivity index (χ1v) is 13.8. The van der Waals surface area contributed by atoms with Crippen molar-refractivity contribution in [2.45, 2.75) is 45.2 Å². The number of para-hydroxylation sites is 1. The summed E-state index contributed by atoms with van der Waals surface area (Å²) >= 11 is 0. The van der Waals surface area contributed by atoms with E-state index in [1.807, 2.05) is 85.8 Å². The zero-order valence-corrected chi connectivity index (χ0v) is 22.3. The lowest BCUT2D eigenvalue weighted by molar-refractivity contribution is -0.143. The maximum atomic E-state index is 13.9. The first-order chi connectivity index (χ1) is 19.5. The van der Waals surface area contributed by atoms with Gasteiger partial charge in [0.15, 0.2) is 0 Å². The molecule has 1 aliphatic rings. The number of hydrogen-bond donors (Lipinski definition) is 2. The molecule has 0 unspecified atom stereocenters. The SMILES string of the molecule is C[C@H](NC(=O)c1cc(-c2ccccc2)cc2nnn(Cc3ccc4ccccc4n3)c12)C1CCC(C(=O)O)CC1. The largest absolute Gasteiger partial charge is 0.481 e. The summed E-state index contributed by atoms with van der Waals surface area (Å²) in [5, 5.41) is 22.5. The van der Waals surface area contributed by atoms with E-state index in [0.717, 1.165) is 40.6 Å². The lowest BCUT2D eigenvalue weighted by Gasteiger charge is -2.31. The molecule has 2 N–H and O–H groups in total. The molecular weight excluding hydrogens is 502 g/mol. The summed E-state index contributed by atoms with van der Waals surface area (Å²) in [6.07, 6.45) is 2.85. The fourth-order valence-electron chi connectivity index (χ4n) is 5.81. The third kappa shape index (κ3) is 5.17. The molecule has 0 aliphatic heterocycles. The van der Waals surface area contributed by atoms with E-state index < -0.39 is 5.97 Å². The Kier molecular flexibility index (Phi) is 6.99. The van der Waals surface area contributed by atoms with Gasteiger partial charge in [-0.1, -0.05) is 59.8 Å². The maximum absolute atomic E-state index is 13.9. The standard InChI is InChI=1S/C32H31N5O3/c1-20(21-11-13-24(14-12-21)32(39)40)33-31(38)27-17-25(22-7-3-2-4-8-22)18-29-30(27)37(36-35-29)19-26-16-15-23-9-5-6-10-28(23)34-26/h2-10,15-18,20-21,24H,11-14,19H2,1H3,(H,33,38)(H,39,40)/t20-,21?,24?/m0/s1. The Morgan fingerprint density at radius 1 is 0.925 bits per heavy atom. The summed E-state index contributed by atoms with van der Waals surface area (Å²) in [6.45, 7) is 2.39. The van der Waals surface area contributed by atoms with Gasteiger partial charge in [0.25, 0.3) is 5.91 Å². The van der Waals surface area contributed by atoms with Gasteiger partial charge in [0, 0.05) is 11.4 Å². The van der Waals surface area contributed by atoms with Gasteiger partial charge in [0.2, 0.25) is 0 Å². The molecule has 202 valence electrons. The molecule has 40 heavy (non-hydrogen) atoms. The highest BCUT2D eigenvalue weighted by Crippen LogP contribution is 2.32. The molecule has 5 aromatic rings. The summed E-state index contributed by atoms with van der Waals surface area (Å²) in [7, 11) is 0. The van der Waals surface area contributed by atoms with Crippen LogP contribution in [0.3, 0.4) is 0 Å². The molecule has 2 heterocycles. The molecule has 0 spiro atoms. The number of nitrogens with zero attached hydrogens (tertiary/aromatic N) is 4. The summed E-state index contributed by atoms with van der Waals surface area (Å²) in [4.78, 5) is 30.0. The smallest absolute Gasteiger partial charge is 0.306 e. The van der Waals surface area contributed by atoms with Crippen LogP contribution in [0.1, 0.15) is 48.7 Å². The molecule has 2 aromatic heterocycles. The van der Waals surface area contributed by atoms with Crippen LogP contribution in [0.15, 0.2) is 78.9 Å². The first kappa shape index (κ1) is 25.7. The van der Waals surface area contributed by atoms with Crippen LogP contribution < -0.4 is 5.32 Å². The van der Waals surface area contributed by atoms with Gasteiger partial charge in [-0.3, -0.25) is 14.6 Å². The zero-order chi connectivity index (χ0) is 27.6. The highest BCUT2D eigenvalue weighted by atomic mass is 16.4. The van der Waals surface area contributed by atoms with Gasteiger partial charge < -0.3 is 10.4 Å². The molecule has 1 fully saturated rings. The van der Waals surface area contributed by atoms with Crippen LogP contribution in [-0.2, 0) is 11.3 Å². The van der Waals surface area contributed by atoms with Crippen LogP contribution >= 0.6 is 0 Å². The lowest BCUT2D eigenvalue weighted by Crippen LogP contribution is -2.40. The fourth-order valence-corrected chi connectivity index (χ4v) is 5.81. The van der Waals surface area contributed by atoms with Gasteiger partial charge in [-0.05, 0) is 73.9 Å². The molecule has 1 aliphatic carbocycles. The maximum Gasteiger partial charge on any atom is 0.306 e. The minimum absolute atomic E-state index is 0.0934. The van der Waals surface area contributed by atoms with Gasteiger partial charge >= 0.3 is 5.97 Å². The molecule has 8 heteroatoms. The molecule has 0 saturated heterocycles. The number of aromatic nitrogens is 4. The van der Waals surface area contributed by atoms with Crippen molar-refractivity contribution in [1.82, 2.24) is 25.3 Å². The minimum atomic E-state index is -0.725. The van der Waals surface area contributed by atoms with E-state index >= 15 is 0 Å². The molecule has 1 amide bonds. The second kappa shape index (κ2) is 10.9. The van der Waals surface area contributed by atoms with Crippen molar-refractivity contribution < 1.29 is 14.7 Å². The van der Waals surface area contributed by atoms with Crippen LogP contribution in [0.5, 0.6) is 0 Å². The number of carbonyl (C=O) groups excluding carboxylic acids is 1. The van der Waals surface area contributed by atoms with Crippen molar-refractivity contribution >= 4 is 33.8 Å². The Morgan fingerprint density at radius 3 is 2.45 bits per heavy atom. The Morgan fingerprint density at radius 2 is 1.68 bits per heavy atom. The van der Waals surface area contributed by atoms with Crippen LogP contribution in [0.25, 0.3) is 33.1 Å². The van der Waals surface area contributed by atoms with E-state index in [1.165, 1.54) is 0 Å². The van der Waals surface area contributed by atoms with E-state index in [2.05, 4.69) is 15.6 Å². The van der Waals surface area contributed by atoms with Crippen molar-refractivity contribution in [3.8, 4) is 11.1 Å². The van der Waals surface area contributed by atoms with Gasteiger partial charge in [-0.2, -0.15) is 0 Å². The number of carboxylic acid groups (broad SMARTS) is 1. The van der Waals surface area contributed by atoms with Crippen LogP contribution in [0, 0.1) is 11.8 Å². The molecule has 0 bridgehead atoms. The highest BCUT2D eigenvalue weighted by Gasteiger charge is 2.30. The number of nitrogens with one attached hydrogen (secondary N) is 1. The van der Waals surface area contributed by atoms with Crippen molar-refractivity contribution in [2.24, 2.45) is 11.8 Å². The molecule has 6 rings (SSSR count). The first-order valence-electron chi connectivity index (χ1n) is 13.8. The van der Waals surface area contributed by atoms with E-state index in [9.17, 15) is 14.7 Å². The molecular formula is C32H31N5O3. The van der Waals surface area contributed by atoms with E-state index in [0.29, 0.717) is 36.0 Å². The topological polar surface area (TPSA) is 110 Å². The van der Waals surface area contributed by atoms with Crippen LogP contribution in [-0.4, -0.2) is 43.0 Å². The van der Waals surface area contributed by atoms with E-state index in [-0.39, 0.29) is 23.8 Å². The number of rotatable bonds is 7. The zero-order valence-electron chi connectivity index (χ0n) is 22.3. The molecule has 1 saturated carbocycles. The quantitative estimate of drug-likeness (QED) is 0.278. The highest BCUT2D eigenvalue weighted by molar-refractivity contribution is 6.06. The van der Waals surface area contributed by atoms with E-state index in [4.69, 9.17) is 4.98 Å². The lowest BCUT2D eigenvalue weighted by atomic mass is 9.79. The molecule has 1 atom stereocenters. The number of carbonyl (C=O) groups is 2. The Bertz CT molecular complexity index is 1690. The molecule has 8 nitrogen and oxygen atoms in total. The Balaban J connectivity index is 1.33. The van der Waals surface area contributed by atoms with E-state index in [1.54, 1.807) is 4.68 Å². The number of aliphatic carboxylic acids is 1. The summed E-state index contributed by atoms with van der Waals surface area (Å²) < 4.78 is 1.75. The number of benzene rings is 3. The van der Waals surface area contributed by atoms with Gasteiger partial charge in [-0.25, -0.2) is 4.68 Å². The molecule has 3 aromatic carbocycles. The fraction of sp³-hybridized carbons (Fsp3) is 0.281. The summed E-state index contributed by atoms with van der Waals surface area (Å²) in [5.41, 5.74) is 5.42. The van der Waals surface area contributed by atoms with Crippen molar-refractivity contribution in [3.63, 3.8) is 0 Å².